The molecule has 1 fully saturated rings. The van der Waals surface area contributed by atoms with Crippen molar-refractivity contribution in [1.29, 1.82) is 0 Å². The summed E-state index contributed by atoms with van der Waals surface area (Å²) in [5, 5.41) is 2.81. The quantitative estimate of drug-likeness (QED) is 0.650. The summed E-state index contributed by atoms with van der Waals surface area (Å²) >= 11 is 0. The molecule has 1 saturated heterocycles. The molecule has 0 atom stereocenters. The second-order valence-corrected chi connectivity index (χ2v) is 9.34. The van der Waals surface area contributed by atoms with Crippen molar-refractivity contribution < 1.29 is 22.7 Å². The SMILES string of the molecule is CS(=O)(=O)c1ccc(OCCCC(=O)Nc2ccc(C(=O)N3CCCC3)cc2)cc1. The molecular weight excluding hydrogens is 404 g/mol. The Morgan fingerprint density at radius 1 is 1.00 bits per heavy atom. The van der Waals surface area contributed by atoms with Crippen molar-refractivity contribution >= 4 is 27.3 Å². The van der Waals surface area contributed by atoms with E-state index in [0.29, 0.717) is 30.0 Å². The van der Waals surface area contributed by atoms with E-state index in [9.17, 15) is 18.0 Å². The van der Waals surface area contributed by atoms with Crippen molar-refractivity contribution in [2.75, 3.05) is 31.3 Å². The largest absolute Gasteiger partial charge is 0.494 e. The Bertz CT molecular complexity index is 979. The first-order valence-electron chi connectivity index (χ1n) is 9.95. The number of ether oxygens (including phenoxy) is 1. The van der Waals surface area contributed by atoms with Gasteiger partial charge >= 0.3 is 0 Å². The van der Waals surface area contributed by atoms with Crippen LogP contribution in [0, 0.1) is 0 Å². The molecule has 0 radical (unpaired) electrons. The van der Waals surface area contributed by atoms with E-state index in [1.807, 2.05) is 4.90 Å². The summed E-state index contributed by atoms with van der Waals surface area (Å²) in [4.78, 5) is 26.5. The van der Waals surface area contributed by atoms with Crippen molar-refractivity contribution in [2.24, 2.45) is 0 Å². The van der Waals surface area contributed by atoms with Crippen LogP contribution in [-0.4, -0.2) is 51.1 Å². The molecule has 0 aliphatic carbocycles. The predicted molar refractivity (Wildman–Crippen MR) is 114 cm³/mol. The Hall–Kier alpha value is -2.87. The molecule has 2 amide bonds. The molecule has 2 aromatic carbocycles. The van der Waals surface area contributed by atoms with Crippen LogP contribution in [0.4, 0.5) is 5.69 Å². The first-order valence-corrected chi connectivity index (χ1v) is 11.8. The molecule has 0 saturated carbocycles. The topological polar surface area (TPSA) is 92.8 Å². The van der Waals surface area contributed by atoms with Crippen LogP contribution in [0.1, 0.15) is 36.0 Å². The Kier molecular flexibility index (Phi) is 7.10. The molecule has 1 aliphatic heterocycles. The van der Waals surface area contributed by atoms with E-state index in [0.717, 1.165) is 32.2 Å². The molecule has 7 nitrogen and oxygen atoms in total. The van der Waals surface area contributed by atoms with Crippen LogP contribution in [0.3, 0.4) is 0 Å². The predicted octanol–water partition coefficient (Wildman–Crippen LogP) is 3.12. The average Bonchev–Trinajstić information content (AvgIpc) is 3.26. The lowest BCUT2D eigenvalue weighted by Gasteiger charge is -2.15. The third-order valence-corrected chi connectivity index (χ3v) is 6.01. The van der Waals surface area contributed by atoms with Crippen LogP contribution in [0.5, 0.6) is 5.75 Å². The highest BCUT2D eigenvalue weighted by Gasteiger charge is 2.19. The number of carbonyl (C=O) groups excluding carboxylic acids is 2. The zero-order chi connectivity index (χ0) is 21.6. The Balaban J connectivity index is 1.39. The van der Waals surface area contributed by atoms with Crippen LogP contribution in [0.15, 0.2) is 53.4 Å². The third kappa shape index (κ3) is 6.06. The van der Waals surface area contributed by atoms with Crippen LogP contribution in [-0.2, 0) is 14.6 Å². The average molecular weight is 431 g/mol. The molecule has 1 aliphatic rings. The molecule has 1 heterocycles. The van der Waals surface area contributed by atoms with Gasteiger partial charge in [0, 0.05) is 37.0 Å². The van der Waals surface area contributed by atoms with Gasteiger partial charge in [-0.05, 0) is 67.8 Å². The first-order chi connectivity index (χ1) is 14.3. The molecule has 0 unspecified atom stereocenters. The number of nitrogens with zero attached hydrogens (tertiary/aromatic N) is 1. The lowest BCUT2D eigenvalue weighted by Crippen LogP contribution is -2.27. The summed E-state index contributed by atoms with van der Waals surface area (Å²) < 4.78 is 28.4. The maximum Gasteiger partial charge on any atom is 0.253 e. The molecule has 2 aromatic rings. The van der Waals surface area contributed by atoms with Gasteiger partial charge in [-0.3, -0.25) is 9.59 Å². The van der Waals surface area contributed by atoms with E-state index in [1.54, 1.807) is 36.4 Å². The minimum atomic E-state index is -3.23. The van der Waals surface area contributed by atoms with Gasteiger partial charge in [0.1, 0.15) is 5.75 Å². The van der Waals surface area contributed by atoms with E-state index in [-0.39, 0.29) is 23.1 Å². The number of nitrogens with one attached hydrogen (secondary N) is 1. The van der Waals surface area contributed by atoms with E-state index < -0.39 is 9.84 Å². The minimum absolute atomic E-state index is 0.0343. The Labute approximate surface area is 177 Å². The number of likely N-dealkylation sites (tertiary alicyclic amines) is 1. The first kappa shape index (κ1) is 21.8. The Morgan fingerprint density at radius 2 is 1.63 bits per heavy atom. The number of benzene rings is 2. The summed E-state index contributed by atoms with van der Waals surface area (Å²) in [6, 6.07) is 13.1. The van der Waals surface area contributed by atoms with Crippen LogP contribution >= 0.6 is 0 Å². The fourth-order valence-corrected chi connectivity index (χ4v) is 3.86. The van der Waals surface area contributed by atoms with Crippen molar-refractivity contribution in [3.63, 3.8) is 0 Å². The van der Waals surface area contributed by atoms with Gasteiger partial charge in [-0.25, -0.2) is 8.42 Å². The van der Waals surface area contributed by atoms with Crippen molar-refractivity contribution in [3.05, 3.63) is 54.1 Å². The molecule has 1 N–H and O–H groups in total. The maximum absolute atomic E-state index is 12.3. The summed E-state index contributed by atoms with van der Waals surface area (Å²) in [5.41, 5.74) is 1.28. The van der Waals surface area contributed by atoms with Crippen molar-refractivity contribution in [1.82, 2.24) is 4.90 Å². The molecule has 160 valence electrons. The fourth-order valence-electron chi connectivity index (χ4n) is 3.23. The van der Waals surface area contributed by atoms with Gasteiger partial charge < -0.3 is 15.0 Å². The zero-order valence-electron chi connectivity index (χ0n) is 17.0. The highest BCUT2D eigenvalue weighted by Crippen LogP contribution is 2.17. The molecular formula is C22H26N2O5S. The monoisotopic (exact) mass is 430 g/mol. The van der Waals surface area contributed by atoms with E-state index >= 15 is 0 Å². The van der Waals surface area contributed by atoms with Crippen LogP contribution in [0.2, 0.25) is 0 Å². The van der Waals surface area contributed by atoms with E-state index in [4.69, 9.17) is 4.74 Å². The number of anilines is 1. The van der Waals surface area contributed by atoms with Gasteiger partial charge in [-0.2, -0.15) is 0 Å². The van der Waals surface area contributed by atoms with Gasteiger partial charge in [0.25, 0.3) is 5.91 Å². The van der Waals surface area contributed by atoms with Crippen LogP contribution < -0.4 is 10.1 Å². The third-order valence-electron chi connectivity index (χ3n) is 4.88. The molecule has 0 aromatic heterocycles. The van der Waals surface area contributed by atoms with Gasteiger partial charge in [0.2, 0.25) is 5.91 Å². The molecule has 0 spiro atoms. The molecule has 3 rings (SSSR count). The smallest absolute Gasteiger partial charge is 0.253 e. The van der Waals surface area contributed by atoms with E-state index in [1.165, 1.54) is 12.1 Å². The summed E-state index contributed by atoms with van der Waals surface area (Å²) in [7, 11) is -3.23. The van der Waals surface area contributed by atoms with Gasteiger partial charge in [0.15, 0.2) is 9.84 Å². The zero-order valence-corrected chi connectivity index (χ0v) is 17.8. The standard InChI is InChI=1S/C22H26N2O5S/c1-30(27,28)20-12-10-19(11-13-20)29-16-4-5-21(25)23-18-8-6-17(7-9-18)22(26)24-14-2-3-15-24/h6-13H,2-5,14-16H2,1H3,(H,23,25). The number of rotatable bonds is 8. The minimum Gasteiger partial charge on any atom is -0.494 e. The van der Waals surface area contributed by atoms with Gasteiger partial charge in [-0.15, -0.1) is 0 Å². The number of sulfone groups is 1. The number of amides is 2. The molecule has 8 heteroatoms. The number of hydrogen-bond acceptors (Lipinski definition) is 5. The number of hydrogen-bond donors (Lipinski definition) is 1. The number of carbonyl (C=O) groups is 2. The molecule has 0 bridgehead atoms. The normalized spacial score (nSPS) is 13.8. The second-order valence-electron chi connectivity index (χ2n) is 7.32. The van der Waals surface area contributed by atoms with Gasteiger partial charge in [0.05, 0.1) is 11.5 Å². The highest BCUT2D eigenvalue weighted by molar-refractivity contribution is 7.90. The Morgan fingerprint density at radius 3 is 2.23 bits per heavy atom. The van der Waals surface area contributed by atoms with Crippen LogP contribution in [0.25, 0.3) is 0 Å². The second kappa shape index (κ2) is 9.75. The molecule has 30 heavy (non-hydrogen) atoms. The van der Waals surface area contributed by atoms with E-state index in [2.05, 4.69) is 5.32 Å². The highest BCUT2D eigenvalue weighted by atomic mass is 32.2. The van der Waals surface area contributed by atoms with Crippen molar-refractivity contribution in [2.45, 2.75) is 30.6 Å². The van der Waals surface area contributed by atoms with Crippen molar-refractivity contribution in [3.8, 4) is 5.75 Å². The fraction of sp³-hybridized carbons (Fsp3) is 0.364. The lowest BCUT2D eigenvalue weighted by atomic mass is 10.2. The van der Waals surface area contributed by atoms with Gasteiger partial charge in [-0.1, -0.05) is 0 Å². The maximum atomic E-state index is 12.3. The summed E-state index contributed by atoms with van der Waals surface area (Å²) in [6.45, 7) is 1.96. The lowest BCUT2D eigenvalue weighted by molar-refractivity contribution is -0.116. The summed E-state index contributed by atoms with van der Waals surface area (Å²) in [6.07, 6.45) is 4.06. The summed E-state index contributed by atoms with van der Waals surface area (Å²) in [5.74, 6) is 0.456.